The average Bonchev–Trinajstić information content (AvgIpc) is 2.61. The molecule has 0 bridgehead atoms. The summed E-state index contributed by atoms with van der Waals surface area (Å²) in [5, 5.41) is 36.4. The first-order chi connectivity index (χ1) is 12.4. The minimum Gasteiger partial charge on any atom is -0.488 e. The molecule has 3 N–H and O–H groups in total. The molecule has 0 amide bonds. The molecule has 0 radical (unpaired) electrons. The Balaban J connectivity index is 2.31. The minimum absolute atomic E-state index is 0.0137. The predicted molar refractivity (Wildman–Crippen MR) is 90.6 cm³/mol. The van der Waals surface area contributed by atoms with Crippen LogP contribution in [0.2, 0.25) is 0 Å². The van der Waals surface area contributed by atoms with Gasteiger partial charge in [-0.15, -0.1) is 10.2 Å². The summed E-state index contributed by atoms with van der Waals surface area (Å²) in [7, 11) is 0. The average molecular weight is 355 g/mol. The zero-order valence-corrected chi connectivity index (χ0v) is 13.3. The van der Waals surface area contributed by atoms with Gasteiger partial charge in [0.15, 0.2) is 5.75 Å². The number of nitrogens with zero attached hydrogens (tertiary/aromatic N) is 4. The molecule has 2 rings (SSSR count). The fraction of sp³-hybridized carbons (Fsp3) is 0.125. The largest absolute Gasteiger partial charge is 0.488 e. The normalized spacial score (nSPS) is 10.4. The number of nitrogens with two attached hydrogens (primary N) is 1. The molecule has 0 aliphatic rings. The number of rotatable bonds is 7. The van der Waals surface area contributed by atoms with Crippen LogP contribution in [0, 0.1) is 21.4 Å². The number of hydrogen-bond acceptors (Lipinski definition) is 8. The molecular formula is C16H13N5O5. The van der Waals surface area contributed by atoms with Crippen molar-refractivity contribution in [1.82, 2.24) is 0 Å². The maximum absolute atomic E-state index is 10.8. The number of para-hydroxylation sites is 1. The SMILES string of the molecule is N#Cc1cc([N+](=O)[O-])ccc1N=Nc1cccc(N)c1OCCC(=O)O. The fourth-order valence-corrected chi connectivity index (χ4v) is 1.94. The molecule has 10 heteroatoms. The number of ether oxygens (including phenoxy) is 1. The van der Waals surface area contributed by atoms with E-state index < -0.39 is 10.9 Å². The van der Waals surface area contributed by atoms with Crippen molar-refractivity contribution in [3.63, 3.8) is 0 Å². The quantitative estimate of drug-likeness (QED) is 0.332. The Bertz CT molecular complexity index is 920. The monoisotopic (exact) mass is 355 g/mol. The highest BCUT2D eigenvalue weighted by molar-refractivity contribution is 5.68. The van der Waals surface area contributed by atoms with Gasteiger partial charge in [0.25, 0.3) is 5.69 Å². The number of nitrogen functional groups attached to an aromatic ring is 1. The van der Waals surface area contributed by atoms with Crippen LogP contribution in [-0.2, 0) is 4.79 Å². The van der Waals surface area contributed by atoms with Gasteiger partial charge < -0.3 is 15.6 Å². The van der Waals surface area contributed by atoms with Gasteiger partial charge in [0, 0.05) is 12.1 Å². The second-order valence-corrected chi connectivity index (χ2v) is 4.96. The third kappa shape index (κ3) is 4.51. The number of aliphatic carboxylic acids is 1. The topological polar surface area (TPSA) is 164 Å². The van der Waals surface area contributed by atoms with Gasteiger partial charge in [-0.25, -0.2) is 0 Å². The van der Waals surface area contributed by atoms with Crippen molar-refractivity contribution in [2.45, 2.75) is 6.42 Å². The van der Waals surface area contributed by atoms with Crippen molar-refractivity contribution in [2.24, 2.45) is 10.2 Å². The van der Waals surface area contributed by atoms with Gasteiger partial charge in [0.2, 0.25) is 0 Å². The molecule has 0 saturated heterocycles. The Morgan fingerprint density at radius 3 is 2.69 bits per heavy atom. The lowest BCUT2D eigenvalue weighted by Gasteiger charge is -2.09. The summed E-state index contributed by atoms with van der Waals surface area (Å²) < 4.78 is 5.36. The summed E-state index contributed by atoms with van der Waals surface area (Å²) in [6.45, 7) is -0.104. The molecule has 10 nitrogen and oxygen atoms in total. The second kappa shape index (κ2) is 8.20. The van der Waals surface area contributed by atoms with E-state index in [1.807, 2.05) is 6.07 Å². The number of nitro groups is 1. The number of carboxylic acid groups (broad SMARTS) is 1. The molecule has 0 heterocycles. The third-order valence-electron chi connectivity index (χ3n) is 3.16. The van der Waals surface area contributed by atoms with Gasteiger partial charge in [0.05, 0.1) is 29.2 Å². The molecular weight excluding hydrogens is 342 g/mol. The van der Waals surface area contributed by atoms with E-state index in [2.05, 4.69) is 10.2 Å². The number of nitriles is 1. The molecule has 132 valence electrons. The number of carbonyl (C=O) groups is 1. The van der Waals surface area contributed by atoms with E-state index in [4.69, 9.17) is 20.8 Å². The van der Waals surface area contributed by atoms with Crippen molar-refractivity contribution < 1.29 is 19.6 Å². The van der Waals surface area contributed by atoms with Gasteiger partial charge >= 0.3 is 5.97 Å². The van der Waals surface area contributed by atoms with Crippen LogP contribution < -0.4 is 10.5 Å². The maximum Gasteiger partial charge on any atom is 0.306 e. The fourth-order valence-electron chi connectivity index (χ4n) is 1.94. The Labute approximate surface area is 147 Å². The number of anilines is 1. The molecule has 0 unspecified atom stereocenters. The molecule has 0 saturated carbocycles. The van der Waals surface area contributed by atoms with E-state index >= 15 is 0 Å². The lowest BCUT2D eigenvalue weighted by molar-refractivity contribution is -0.384. The smallest absolute Gasteiger partial charge is 0.306 e. The van der Waals surface area contributed by atoms with E-state index in [-0.39, 0.29) is 47.1 Å². The van der Waals surface area contributed by atoms with E-state index in [9.17, 15) is 14.9 Å². The van der Waals surface area contributed by atoms with Gasteiger partial charge in [-0.1, -0.05) is 6.07 Å². The van der Waals surface area contributed by atoms with Crippen molar-refractivity contribution in [2.75, 3.05) is 12.3 Å². The number of nitro benzene ring substituents is 1. The highest BCUT2D eigenvalue weighted by Crippen LogP contribution is 2.35. The van der Waals surface area contributed by atoms with Crippen molar-refractivity contribution in [3.05, 3.63) is 52.1 Å². The summed E-state index contributed by atoms with van der Waals surface area (Å²) in [5.41, 5.74) is 6.18. The number of benzene rings is 2. The molecule has 0 atom stereocenters. The first-order valence-corrected chi connectivity index (χ1v) is 7.25. The van der Waals surface area contributed by atoms with E-state index in [1.54, 1.807) is 18.2 Å². The minimum atomic E-state index is -1.02. The van der Waals surface area contributed by atoms with Crippen LogP contribution in [0.4, 0.5) is 22.7 Å². The predicted octanol–water partition coefficient (Wildman–Crippen LogP) is 3.32. The van der Waals surface area contributed by atoms with Crippen molar-refractivity contribution >= 4 is 28.7 Å². The van der Waals surface area contributed by atoms with E-state index in [1.165, 1.54) is 12.1 Å². The van der Waals surface area contributed by atoms with Crippen LogP contribution in [0.25, 0.3) is 0 Å². The second-order valence-electron chi connectivity index (χ2n) is 4.96. The Kier molecular flexibility index (Phi) is 5.79. The molecule has 0 aliphatic heterocycles. The lowest BCUT2D eigenvalue weighted by atomic mass is 10.2. The molecule has 2 aromatic rings. The van der Waals surface area contributed by atoms with Gasteiger partial charge in [0.1, 0.15) is 17.4 Å². The van der Waals surface area contributed by atoms with Crippen molar-refractivity contribution in [1.29, 1.82) is 5.26 Å². The van der Waals surface area contributed by atoms with Crippen LogP contribution in [0.5, 0.6) is 5.75 Å². The van der Waals surface area contributed by atoms with Crippen LogP contribution in [0.1, 0.15) is 12.0 Å². The Morgan fingerprint density at radius 1 is 1.31 bits per heavy atom. The Hall–Kier alpha value is -4.00. The molecule has 0 aromatic heterocycles. The van der Waals surface area contributed by atoms with Crippen LogP contribution >= 0.6 is 0 Å². The molecule has 0 spiro atoms. The number of non-ortho nitro benzene ring substituents is 1. The van der Waals surface area contributed by atoms with Crippen LogP contribution in [0.15, 0.2) is 46.6 Å². The van der Waals surface area contributed by atoms with E-state index in [0.29, 0.717) is 0 Å². The summed E-state index contributed by atoms with van der Waals surface area (Å²) in [4.78, 5) is 20.7. The lowest BCUT2D eigenvalue weighted by Crippen LogP contribution is -2.06. The molecule has 0 fully saturated rings. The summed E-state index contributed by atoms with van der Waals surface area (Å²) in [6.07, 6.45) is -0.216. The highest BCUT2D eigenvalue weighted by Gasteiger charge is 2.12. The standard InChI is InChI=1S/C16H13N5O5/c17-9-10-8-11(21(24)25)4-5-13(10)19-20-14-3-1-2-12(18)16(14)26-7-6-15(22)23/h1-5,8H,6-7,18H2,(H,22,23). The number of hydrogen-bond donors (Lipinski definition) is 2. The summed E-state index contributed by atoms with van der Waals surface area (Å²) in [6, 6.07) is 10.1. The first-order valence-electron chi connectivity index (χ1n) is 7.25. The van der Waals surface area contributed by atoms with Crippen molar-refractivity contribution in [3.8, 4) is 11.8 Å². The summed E-state index contributed by atoms with van der Waals surface area (Å²) >= 11 is 0. The molecule has 0 aliphatic carbocycles. The molecule has 26 heavy (non-hydrogen) atoms. The Morgan fingerprint density at radius 2 is 2.04 bits per heavy atom. The zero-order valence-electron chi connectivity index (χ0n) is 13.3. The molecule has 2 aromatic carbocycles. The van der Waals surface area contributed by atoms with E-state index in [0.717, 1.165) is 6.07 Å². The van der Waals surface area contributed by atoms with Crippen LogP contribution in [0.3, 0.4) is 0 Å². The highest BCUT2D eigenvalue weighted by atomic mass is 16.6. The summed E-state index contributed by atoms with van der Waals surface area (Å²) in [5.74, 6) is -0.856. The zero-order chi connectivity index (χ0) is 19.1. The maximum atomic E-state index is 10.8. The van der Waals surface area contributed by atoms with Gasteiger partial charge in [-0.05, 0) is 18.2 Å². The first kappa shape index (κ1) is 18.3. The van der Waals surface area contributed by atoms with Gasteiger partial charge in [-0.2, -0.15) is 5.26 Å². The number of azo groups is 1. The number of carboxylic acids is 1. The third-order valence-corrected chi connectivity index (χ3v) is 3.16. The van der Waals surface area contributed by atoms with Crippen LogP contribution in [-0.4, -0.2) is 22.6 Å². The van der Waals surface area contributed by atoms with Gasteiger partial charge in [-0.3, -0.25) is 14.9 Å².